The van der Waals surface area contributed by atoms with Crippen LogP contribution in [0.3, 0.4) is 0 Å². The molecule has 0 radical (unpaired) electrons. The van der Waals surface area contributed by atoms with Gasteiger partial charge in [0, 0.05) is 25.3 Å². The molecule has 1 N–H and O–H groups in total. The van der Waals surface area contributed by atoms with Crippen LogP contribution in [-0.2, 0) is 0 Å². The third-order valence-electron chi connectivity index (χ3n) is 3.55. The van der Waals surface area contributed by atoms with E-state index in [2.05, 4.69) is 37.9 Å². The van der Waals surface area contributed by atoms with Gasteiger partial charge in [-0.25, -0.2) is 4.79 Å². The maximum absolute atomic E-state index is 11.9. The Labute approximate surface area is 114 Å². The van der Waals surface area contributed by atoms with Crippen LogP contribution >= 0.6 is 22.6 Å². The number of carbonyl (C=O) groups is 1. The zero-order valence-electron chi connectivity index (χ0n) is 9.47. The summed E-state index contributed by atoms with van der Waals surface area (Å²) in [5, 5.41) is 7.08. The van der Waals surface area contributed by atoms with E-state index in [0.717, 1.165) is 22.5 Å². The van der Waals surface area contributed by atoms with Crippen LogP contribution in [0.25, 0.3) is 0 Å². The van der Waals surface area contributed by atoms with Crippen molar-refractivity contribution in [1.82, 2.24) is 20.0 Å². The van der Waals surface area contributed by atoms with Crippen molar-refractivity contribution in [2.75, 3.05) is 19.6 Å². The van der Waals surface area contributed by atoms with Crippen LogP contribution < -0.4 is 5.32 Å². The lowest BCUT2D eigenvalue weighted by molar-refractivity contribution is 0.204. The lowest BCUT2D eigenvalue weighted by Gasteiger charge is -2.30. The van der Waals surface area contributed by atoms with Crippen molar-refractivity contribution < 1.29 is 4.79 Å². The summed E-state index contributed by atoms with van der Waals surface area (Å²) in [7, 11) is 0. The number of nitrogens with zero attached hydrogens (tertiary/aromatic N) is 3. The summed E-state index contributed by atoms with van der Waals surface area (Å²) in [4.78, 5) is 14.4. The molecule has 6 heteroatoms. The Balaban J connectivity index is 1.62. The maximum atomic E-state index is 11.9. The first-order valence-corrected chi connectivity index (χ1v) is 7.02. The second-order valence-corrected chi connectivity index (χ2v) is 6.15. The van der Waals surface area contributed by atoms with Gasteiger partial charge in [-0.1, -0.05) is 0 Å². The van der Waals surface area contributed by atoms with Gasteiger partial charge >= 0.3 is 6.03 Å². The molecule has 1 aromatic heterocycles. The van der Waals surface area contributed by atoms with E-state index in [-0.39, 0.29) is 12.1 Å². The third kappa shape index (κ3) is 2.47. The third-order valence-corrected chi connectivity index (χ3v) is 4.11. The molecule has 0 aromatic carbocycles. The van der Waals surface area contributed by atoms with Gasteiger partial charge in [-0.05, 0) is 47.9 Å². The Morgan fingerprint density at radius 3 is 3.12 bits per heavy atom. The van der Waals surface area contributed by atoms with Crippen LogP contribution in [0, 0.1) is 9.49 Å². The van der Waals surface area contributed by atoms with Gasteiger partial charge in [0.1, 0.15) is 0 Å². The quantitative estimate of drug-likeness (QED) is 0.776. The van der Waals surface area contributed by atoms with E-state index in [1.165, 1.54) is 24.2 Å². The van der Waals surface area contributed by atoms with E-state index in [1.54, 1.807) is 12.4 Å². The number of hydrogen-bond donors (Lipinski definition) is 1. The molecule has 3 atom stereocenters. The molecule has 3 rings (SSSR count). The topological polar surface area (TPSA) is 50.2 Å². The summed E-state index contributed by atoms with van der Waals surface area (Å²) in [5.74, 6) is 0.770. The lowest BCUT2D eigenvalue weighted by atomic mass is 9.97. The SMILES string of the molecule is O=C(NC1C[C@H]2CCN(C1)C2)n1cc(I)cn1. The van der Waals surface area contributed by atoms with Gasteiger partial charge in [0.05, 0.1) is 9.77 Å². The molecule has 2 fully saturated rings. The van der Waals surface area contributed by atoms with Gasteiger partial charge in [-0.3, -0.25) is 0 Å². The molecule has 17 heavy (non-hydrogen) atoms. The summed E-state index contributed by atoms with van der Waals surface area (Å²) in [6.07, 6.45) is 5.83. The van der Waals surface area contributed by atoms with Gasteiger partial charge in [0.2, 0.25) is 0 Å². The molecule has 0 aliphatic carbocycles. The summed E-state index contributed by atoms with van der Waals surface area (Å²) < 4.78 is 2.36. The summed E-state index contributed by atoms with van der Waals surface area (Å²) in [6, 6.07) is 0.172. The molecule has 0 saturated carbocycles. The first-order valence-electron chi connectivity index (χ1n) is 5.94. The highest BCUT2D eigenvalue weighted by Gasteiger charge is 2.33. The van der Waals surface area contributed by atoms with Gasteiger partial charge in [0.25, 0.3) is 0 Å². The summed E-state index contributed by atoms with van der Waals surface area (Å²) in [5.41, 5.74) is 0. The number of rotatable bonds is 1. The largest absolute Gasteiger partial charge is 0.342 e. The zero-order chi connectivity index (χ0) is 11.8. The molecular weight excluding hydrogens is 331 g/mol. The van der Waals surface area contributed by atoms with Crippen molar-refractivity contribution >= 4 is 28.6 Å². The highest BCUT2D eigenvalue weighted by atomic mass is 127. The maximum Gasteiger partial charge on any atom is 0.342 e. The van der Waals surface area contributed by atoms with Gasteiger partial charge < -0.3 is 10.2 Å². The number of halogens is 1. The second-order valence-electron chi connectivity index (χ2n) is 4.90. The average molecular weight is 346 g/mol. The van der Waals surface area contributed by atoms with E-state index in [9.17, 15) is 4.79 Å². The average Bonchev–Trinajstić information content (AvgIpc) is 2.85. The van der Waals surface area contributed by atoms with Crippen molar-refractivity contribution in [3.8, 4) is 0 Å². The van der Waals surface area contributed by atoms with Crippen LogP contribution in [0.4, 0.5) is 4.79 Å². The highest BCUT2D eigenvalue weighted by molar-refractivity contribution is 14.1. The number of amides is 1. The van der Waals surface area contributed by atoms with Gasteiger partial charge in [-0.2, -0.15) is 9.78 Å². The number of piperidine rings is 1. The van der Waals surface area contributed by atoms with Crippen molar-refractivity contribution in [3.63, 3.8) is 0 Å². The number of nitrogens with one attached hydrogen (secondary N) is 1. The minimum absolute atomic E-state index is 0.111. The lowest BCUT2D eigenvalue weighted by Crippen LogP contribution is -2.48. The number of carbonyl (C=O) groups excluding carboxylic acids is 1. The van der Waals surface area contributed by atoms with E-state index in [0.29, 0.717) is 0 Å². The fourth-order valence-corrected chi connectivity index (χ4v) is 3.21. The first kappa shape index (κ1) is 11.5. The van der Waals surface area contributed by atoms with Gasteiger partial charge in [-0.15, -0.1) is 0 Å². The molecule has 2 aliphatic rings. The molecule has 3 heterocycles. The Hall–Kier alpha value is -0.630. The van der Waals surface area contributed by atoms with E-state index < -0.39 is 0 Å². The van der Waals surface area contributed by atoms with Crippen LogP contribution in [-0.4, -0.2) is 46.4 Å². The van der Waals surface area contributed by atoms with Crippen molar-refractivity contribution in [2.45, 2.75) is 18.9 Å². The smallest absolute Gasteiger partial charge is 0.332 e. The van der Waals surface area contributed by atoms with Gasteiger partial charge in [0.15, 0.2) is 0 Å². The predicted octanol–water partition coefficient (Wildman–Crippen LogP) is 1.14. The molecule has 2 unspecified atom stereocenters. The minimum Gasteiger partial charge on any atom is -0.332 e. The Morgan fingerprint density at radius 1 is 1.53 bits per heavy atom. The second kappa shape index (κ2) is 4.56. The number of hydrogen-bond acceptors (Lipinski definition) is 3. The normalized spacial score (nSPS) is 31.5. The standard InChI is InChI=1S/C11H15IN4O/c12-9-4-13-16(6-9)11(17)14-10-3-8-1-2-15(5-8)7-10/h4,6,8,10H,1-3,5,7H2,(H,14,17)/t8-,10?/m1/s1. The molecule has 2 bridgehead atoms. The monoisotopic (exact) mass is 346 g/mol. The molecule has 92 valence electrons. The molecule has 0 spiro atoms. The first-order chi connectivity index (χ1) is 8.20. The van der Waals surface area contributed by atoms with E-state index in [1.807, 2.05) is 0 Å². The van der Waals surface area contributed by atoms with E-state index >= 15 is 0 Å². The number of aromatic nitrogens is 2. The zero-order valence-corrected chi connectivity index (χ0v) is 11.6. The molecular formula is C11H15IN4O. The van der Waals surface area contributed by atoms with Crippen molar-refractivity contribution in [1.29, 1.82) is 0 Å². The fourth-order valence-electron chi connectivity index (χ4n) is 2.82. The predicted molar refractivity (Wildman–Crippen MR) is 71.8 cm³/mol. The van der Waals surface area contributed by atoms with Crippen molar-refractivity contribution in [3.05, 3.63) is 16.0 Å². The Kier molecular flexibility index (Phi) is 3.08. The van der Waals surface area contributed by atoms with E-state index in [4.69, 9.17) is 0 Å². The van der Waals surface area contributed by atoms with Crippen LogP contribution in [0.5, 0.6) is 0 Å². The summed E-state index contributed by atoms with van der Waals surface area (Å²) >= 11 is 2.15. The molecule has 2 aliphatic heterocycles. The van der Waals surface area contributed by atoms with Crippen LogP contribution in [0.15, 0.2) is 12.4 Å². The minimum atomic E-state index is -0.111. The van der Waals surface area contributed by atoms with Crippen molar-refractivity contribution in [2.24, 2.45) is 5.92 Å². The molecule has 5 nitrogen and oxygen atoms in total. The Bertz CT molecular complexity index is 421. The highest BCUT2D eigenvalue weighted by Crippen LogP contribution is 2.26. The number of fused-ring (bicyclic) bond motifs is 2. The molecule has 1 aromatic rings. The molecule has 2 saturated heterocycles. The van der Waals surface area contributed by atoms with Crippen LogP contribution in [0.1, 0.15) is 12.8 Å². The summed E-state index contributed by atoms with van der Waals surface area (Å²) in [6.45, 7) is 3.39. The molecule has 1 amide bonds. The fraction of sp³-hybridized carbons (Fsp3) is 0.636. The van der Waals surface area contributed by atoms with Crippen LogP contribution in [0.2, 0.25) is 0 Å². The Morgan fingerprint density at radius 2 is 2.41 bits per heavy atom.